The zero-order valence-corrected chi connectivity index (χ0v) is 7.01. The third kappa shape index (κ3) is 1.50. The molecule has 2 N–H and O–H groups in total. The van der Waals surface area contributed by atoms with E-state index in [9.17, 15) is 0 Å². The molecule has 1 aliphatic rings. The molecular formula is C8H18N2. The van der Waals surface area contributed by atoms with E-state index in [-0.39, 0.29) is 0 Å². The number of hydrogen-bond acceptors (Lipinski definition) is 2. The third-order valence-electron chi connectivity index (χ3n) is 2.53. The van der Waals surface area contributed by atoms with Crippen molar-refractivity contribution in [3.8, 4) is 0 Å². The van der Waals surface area contributed by atoms with E-state index in [0.29, 0.717) is 12.1 Å². The SMILES string of the molecule is CCC1C(N)CCCN1C. The molecule has 60 valence electrons. The van der Waals surface area contributed by atoms with Gasteiger partial charge >= 0.3 is 0 Å². The number of hydrogen-bond donors (Lipinski definition) is 1. The van der Waals surface area contributed by atoms with Crippen LogP contribution in [0.15, 0.2) is 0 Å². The van der Waals surface area contributed by atoms with Crippen LogP contribution in [0.4, 0.5) is 0 Å². The van der Waals surface area contributed by atoms with Gasteiger partial charge in [0.1, 0.15) is 0 Å². The van der Waals surface area contributed by atoms with E-state index in [4.69, 9.17) is 5.73 Å². The van der Waals surface area contributed by atoms with Crippen LogP contribution in [0.2, 0.25) is 0 Å². The summed E-state index contributed by atoms with van der Waals surface area (Å²) in [4.78, 5) is 2.38. The number of rotatable bonds is 1. The quantitative estimate of drug-likeness (QED) is 0.587. The molecule has 0 radical (unpaired) electrons. The van der Waals surface area contributed by atoms with Gasteiger partial charge in [-0.05, 0) is 32.9 Å². The molecule has 2 unspecified atom stereocenters. The Morgan fingerprint density at radius 3 is 2.70 bits per heavy atom. The molecule has 0 aromatic carbocycles. The molecule has 0 spiro atoms. The standard InChI is InChI=1S/C8H18N2/c1-3-8-7(9)5-4-6-10(8)2/h7-8H,3-6,9H2,1-2H3. The van der Waals surface area contributed by atoms with Crippen LogP contribution in [-0.4, -0.2) is 30.6 Å². The van der Waals surface area contributed by atoms with Crippen LogP contribution in [0.5, 0.6) is 0 Å². The first-order valence-corrected chi connectivity index (χ1v) is 4.21. The smallest absolute Gasteiger partial charge is 0.0241 e. The number of nitrogens with two attached hydrogens (primary N) is 1. The lowest BCUT2D eigenvalue weighted by Gasteiger charge is -2.36. The van der Waals surface area contributed by atoms with Crippen LogP contribution in [0.25, 0.3) is 0 Å². The normalized spacial score (nSPS) is 36.3. The van der Waals surface area contributed by atoms with Gasteiger partial charge in [0, 0.05) is 12.1 Å². The van der Waals surface area contributed by atoms with E-state index < -0.39 is 0 Å². The maximum Gasteiger partial charge on any atom is 0.0241 e. The van der Waals surface area contributed by atoms with Gasteiger partial charge in [-0.2, -0.15) is 0 Å². The highest BCUT2D eigenvalue weighted by Gasteiger charge is 2.23. The van der Waals surface area contributed by atoms with Crippen LogP contribution >= 0.6 is 0 Å². The zero-order valence-electron chi connectivity index (χ0n) is 7.01. The summed E-state index contributed by atoms with van der Waals surface area (Å²) in [5, 5.41) is 0. The van der Waals surface area contributed by atoms with Gasteiger partial charge in [0.05, 0.1) is 0 Å². The molecular weight excluding hydrogens is 124 g/mol. The van der Waals surface area contributed by atoms with Gasteiger partial charge in [-0.1, -0.05) is 6.92 Å². The van der Waals surface area contributed by atoms with E-state index >= 15 is 0 Å². The van der Waals surface area contributed by atoms with Crippen LogP contribution in [0.3, 0.4) is 0 Å². The molecule has 1 saturated heterocycles. The largest absolute Gasteiger partial charge is 0.326 e. The molecule has 2 heteroatoms. The van der Waals surface area contributed by atoms with Crippen molar-refractivity contribution in [3.05, 3.63) is 0 Å². The second-order valence-corrected chi connectivity index (χ2v) is 3.26. The van der Waals surface area contributed by atoms with Crippen molar-refractivity contribution in [2.45, 2.75) is 38.3 Å². The number of likely N-dealkylation sites (tertiary alicyclic amines) is 1. The molecule has 2 nitrogen and oxygen atoms in total. The van der Waals surface area contributed by atoms with Gasteiger partial charge in [0.2, 0.25) is 0 Å². The molecule has 1 heterocycles. The Balaban J connectivity index is 2.45. The Hall–Kier alpha value is -0.0800. The fraction of sp³-hybridized carbons (Fsp3) is 1.00. The fourth-order valence-electron chi connectivity index (χ4n) is 1.88. The average Bonchev–Trinajstić information content (AvgIpc) is 1.88. The Bertz CT molecular complexity index is 93.4. The predicted molar refractivity (Wildman–Crippen MR) is 43.9 cm³/mol. The minimum Gasteiger partial charge on any atom is -0.326 e. The first kappa shape index (κ1) is 8.02. The van der Waals surface area contributed by atoms with Crippen molar-refractivity contribution >= 4 is 0 Å². The van der Waals surface area contributed by atoms with Gasteiger partial charge < -0.3 is 10.6 Å². The van der Waals surface area contributed by atoms with Crippen LogP contribution in [0, 0.1) is 0 Å². The van der Waals surface area contributed by atoms with Crippen LogP contribution in [0.1, 0.15) is 26.2 Å². The highest BCUT2D eigenvalue weighted by molar-refractivity contribution is 4.83. The summed E-state index contributed by atoms with van der Waals surface area (Å²) in [5.74, 6) is 0. The summed E-state index contributed by atoms with van der Waals surface area (Å²) in [6, 6.07) is 1.05. The Morgan fingerprint density at radius 2 is 2.30 bits per heavy atom. The van der Waals surface area contributed by atoms with Crippen molar-refractivity contribution < 1.29 is 0 Å². The monoisotopic (exact) mass is 142 g/mol. The number of likely N-dealkylation sites (N-methyl/N-ethyl adjacent to an activating group) is 1. The predicted octanol–water partition coefficient (Wildman–Crippen LogP) is 0.818. The second kappa shape index (κ2) is 3.35. The van der Waals surface area contributed by atoms with Crippen molar-refractivity contribution in [3.63, 3.8) is 0 Å². The molecule has 0 saturated carbocycles. The Labute approximate surface area is 63.4 Å². The minimum absolute atomic E-state index is 0.420. The summed E-state index contributed by atoms with van der Waals surface area (Å²) in [6.07, 6.45) is 3.68. The number of nitrogens with zero attached hydrogens (tertiary/aromatic N) is 1. The lowest BCUT2D eigenvalue weighted by Crippen LogP contribution is -2.49. The number of piperidine rings is 1. The fourth-order valence-corrected chi connectivity index (χ4v) is 1.88. The molecule has 0 bridgehead atoms. The molecule has 1 fully saturated rings. The zero-order chi connectivity index (χ0) is 7.56. The lowest BCUT2D eigenvalue weighted by atomic mass is 9.96. The van der Waals surface area contributed by atoms with E-state index in [0.717, 1.165) is 0 Å². The van der Waals surface area contributed by atoms with Gasteiger partial charge in [0.15, 0.2) is 0 Å². The highest BCUT2D eigenvalue weighted by atomic mass is 15.2. The van der Waals surface area contributed by atoms with Crippen molar-refractivity contribution in [1.82, 2.24) is 4.90 Å². The molecule has 2 atom stereocenters. The van der Waals surface area contributed by atoms with Gasteiger partial charge in [-0.15, -0.1) is 0 Å². The van der Waals surface area contributed by atoms with E-state index in [1.165, 1.54) is 25.8 Å². The summed E-state index contributed by atoms with van der Waals surface area (Å²) < 4.78 is 0. The maximum absolute atomic E-state index is 5.94. The topological polar surface area (TPSA) is 29.3 Å². The summed E-state index contributed by atoms with van der Waals surface area (Å²) in [7, 11) is 2.17. The van der Waals surface area contributed by atoms with Crippen LogP contribution < -0.4 is 5.73 Å². The molecule has 0 aromatic heterocycles. The highest BCUT2D eigenvalue weighted by Crippen LogP contribution is 2.16. The van der Waals surface area contributed by atoms with E-state index in [2.05, 4.69) is 18.9 Å². The third-order valence-corrected chi connectivity index (χ3v) is 2.53. The van der Waals surface area contributed by atoms with Crippen molar-refractivity contribution in [2.24, 2.45) is 5.73 Å². The summed E-state index contributed by atoms with van der Waals surface area (Å²) in [5.41, 5.74) is 5.94. The van der Waals surface area contributed by atoms with Crippen molar-refractivity contribution in [2.75, 3.05) is 13.6 Å². The van der Waals surface area contributed by atoms with Crippen LogP contribution in [-0.2, 0) is 0 Å². The molecule has 1 aliphatic heterocycles. The minimum atomic E-state index is 0.420. The van der Waals surface area contributed by atoms with Gasteiger partial charge in [-0.3, -0.25) is 0 Å². The average molecular weight is 142 g/mol. The van der Waals surface area contributed by atoms with E-state index in [1.54, 1.807) is 0 Å². The lowest BCUT2D eigenvalue weighted by molar-refractivity contribution is 0.157. The molecule has 10 heavy (non-hydrogen) atoms. The van der Waals surface area contributed by atoms with E-state index in [1.807, 2.05) is 0 Å². The first-order chi connectivity index (χ1) is 4.75. The second-order valence-electron chi connectivity index (χ2n) is 3.26. The Morgan fingerprint density at radius 1 is 1.60 bits per heavy atom. The molecule has 0 aliphatic carbocycles. The molecule has 0 aromatic rings. The maximum atomic E-state index is 5.94. The summed E-state index contributed by atoms with van der Waals surface area (Å²) >= 11 is 0. The first-order valence-electron chi connectivity index (χ1n) is 4.21. The summed E-state index contributed by atoms with van der Waals surface area (Å²) in [6.45, 7) is 3.44. The molecule has 0 amide bonds. The van der Waals surface area contributed by atoms with Gasteiger partial charge in [0.25, 0.3) is 0 Å². The van der Waals surface area contributed by atoms with Crippen molar-refractivity contribution in [1.29, 1.82) is 0 Å². The van der Waals surface area contributed by atoms with Gasteiger partial charge in [-0.25, -0.2) is 0 Å². The molecule has 1 rings (SSSR count). The Kier molecular flexibility index (Phi) is 2.69.